The Labute approximate surface area is 163 Å². The first kappa shape index (κ1) is 18.2. The Morgan fingerprint density at radius 3 is 2.52 bits per heavy atom. The minimum Gasteiger partial charge on any atom is -0.355 e. The SMILES string of the molecule is CNC(=O)c1ccc(C2CC2C(=O)N(c2nccs2)C2CCCCC2)cc1. The lowest BCUT2D eigenvalue weighted by atomic mass is 9.94. The highest BCUT2D eigenvalue weighted by molar-refractivity contribution is 7.13. The van der Waals surface area contributed by atoms with Crippen LogP contribution >= 0.6 is 11.3 Å². The van der Waals surface area contributed by atoms with Gasteiger partial charge in [0.2, 0.25) is 5.91 Å². The van der Waals surface area contributed by atoms with Crippen molar-refractivity contribution in [3.63, 3.8) is 0 Å². The van der Waals surface area contributed by atoms with Crippen molar-refractivity contribution in [2.75, 3.05) is 11.9 Å². The van der Waals surface area contributed by atoms with Gasteiger partial charge >= 0.3 is 0 Å². The molecule has 2 fully saturated rings. The third-order valence-electron chi connectivity index (χ3n) is 5.74. The zero-order valence-electron chi connectivity index (χ0n) is 15.6. The second-order valence-corrected chi connectivity index (χ2v) is 8.34. The van der Waals surface area contributed by atoms with Gasteiger partial charge in [0.1, 0.15) is 0 Å². The van der Waals surface area contributed by atoms with Gasteiger partial charge in [-0.1, -0.05) is 31.4 Å². The molecule has 5 nitrogen and oxygen atoms in total. The van der Waals surface area contributed by atoms with Gasteiger partial charge in [0.05, 0.1) is 0 Å². The van der Waals surface area contributed by atoms with E-state index in [2.05, 4.69) is 10.3 Å². The predicted octanol–water partition coefficient (Wildman–Crippen LogP) is 3.97. The third-order valence-corrected chi connectivity index (χ3v) is 6.51. The second-order valence-electron chi connectivity index (χ2n) is 7.46. The number of carbonyl (C=O) groups excluding carboxylic acids is 2. The molecule has 2 amide bonds. The van der Waals surface area contributed by atoms with Gasteiger partial charge in [-0.15, -0.1) is 11.3 Å². The van der Waals surface area contributed by atoms with E-state index in [1.165, 1.54) is 19.3 Å². The van der Waals surface area contributed by atoms with Crippen LogP contribution in [0.3, 0.4) is 0 Å². The van der Waals surface area contributed by atoms with Gasteiger partial charge in [-0.2, -0.15) is 0 Å². The summed E-state index contributed by atoms with van der Waals surface area (Å²) in [5.74, 6) is 0.415. The third kappa shape index (κ3) is 3.76. The Morgan fingerprint density at radius 1 is 1.15 bits per heavy atom. The zero-order valence-corrected chi connectivity index (χ0v) is 16.4. The van der Waals surface area contributed by atoms with Crippen molar-refractivity contribution in [1.82, 2.24) is 10.3 Å². The molecule has 0 spiro atoms. The van der Waals surface area contributed by atoms with Crippen LogP contribution in [0.15, 0.2) is 35.8 Å². The number of anilines is 1. The fourth-order valence-corrected chi connectivity index (χ4v) is 4.86. The number of hydrogen-bond donors (Lipinski definition) is 1. The largest absolute Gasteiger partial charge is 0.355 e. The first-order valence-corrected chi connectivity index (χ1v) is 10.6. The van der Waals surface area contributed by atoms with E-state index in [4.69, 9.17) is 0 Å². The van der Waals surface area contributed by atoms with Crippen LogP contribution in [-0.2, 0) is 4.79 Å². The summed E-state index contributed by atoms with van der Waals surface area (Å²) < 4.78 is 0. The molecule has 1 N–H and O–H groups in total. The van der Waals surface area contributed by atoms with Gasteiger partial charge in [0, 0.05) is 36.1 Å². The molecule has 0 saturated heterocycles. The van der Waals surface area contributed by atoms with Crippen molar-refractivity contribution in [2.24, 2.45) is 5.92 Å². The molecule has 142 valence electrons. The minimum atomic E-state index is -0.0859. The van der Waals surface area contributed by atoms with Crippen molar-refractivity contribution >= 4 is 28.3 Å². The number of carbonyl (C=O) groups is 2. The second kappa shape index (κ2) is 7.80. The average molecular weight is 384 g/mol. The molecule has 2 unspecified atom stereocenters. The van der Waals surface area contributed by atoms with E-state index >= 15 is 0 Å². The number of benzene rings is 1. The Kier molecular flexibility index (Phi) is 5.25. The summed E-state index contributed by atoms with van der Waals surface area (Å²) in [6.07, 6.45) is 8.45. The van der Waals surface area contributed by atoms with Crippen molar-refractivity contribution < 1.29 is 9.59 Å². The topological polar surface area (TPSA) is 62.3 Å². The van der Waals surface area contributed by atoms with Gasteiger partial charge in [-0.3, -0.25) is 14.5 Å². The zero-order chi connectivity index (χ0) is 18.8. The molecule has 27 heavy (non-hydrogen) atoms. The molecule has 2 aromatic rings. The Balaban J connectivity index is 1.49. The number of hydrogen-bond acceptors (Lipinski definition) is 4. The lowest BCUT2D eigenvalue weighted by Gasteiger charge is -2.32. The Hall–Kier alpha value is -2.21. The summed E-state index contributed by atoms with van der Waals surface area (Å²) in [6.45, 7) is 0. The molecule has 0 radical (unpaired) electrons. The van der Waals surface area contributed by atoms with E-state index in [0.717, 1.165) is 30.0 Å². The number of thiazole rings is 1. The summed E-state index contributed by atoms with van der Waals surface area (Å²) in [5, 5.41) is 5.42. The van der Waals surface area contributed by atoms with E-state index in [9.17, 15) is 9.59 Å². The first-order chi connectivity index (χ1) is 13.2. The van der Waals surface area contributed by atoms with Gasteiger partial charge < -0.3 is 5.32 Å². The molecule has 2 aliphatic rings. The van der Waals surface area contributed by atoms with Gasteiger partial charge in [0.25, 0.3) is 5.91 Å². The normalized spacial score (nSPS) is 22.3. The van der Waals surface area contributed by atoms with Gasteiger partial charge in [0.15, 0.2) is 5.13 Å². The van der Waals surface area contributed by atoms with E-state index in [1.807, 2.05) is 34.5 Å². The summed E-state index contributed by atoms with van der Waals surface area (Å²) in [5.41, 5.74) is 1.79. The molecule has 2 atom stereocenters. The molecule has 4 rings (SSSR count). The first-order valence-electron chi connectivity index (χ1n) is 9.73. The lowest BCUT2D eigenvalue weighted by Crippen LogP contribution is -2.42. The number of aromatic nitrogens is 1. The maximum atomic E-state index is 13.3. The molecule has 1 aromatic carbocycles. The summed E-state index contributed by atoms with van der Waals surface area (Å²) in [4.78, 5) is 31.5. The van der Waals surface area contributed by atoms with Crippen LogP contribution in [0.5, 0.6) is 0 Å². The monoisotopic (exact) mass is 383 g/mol. The highest BCUT2D eigenvalue weighted by atomic mass is 32.1. The van der Waals surface area contributed by atoms with Crippen LogP contribution in [-0.4, -0.2) is 29.9 Å². The molecular formula is C21H25N3O2S. The molecule has 1 heterocycles. The fourth-order valence-electron chi connectivity index (χ4n) is 4.15. The highest BCUT2D eigenvalue weighted by Crippen LogP contribution is 2.49. The maximum absolute atomic E-state index is 13.3. The smallest absolute Gasteiger partial charge is 0.251 e. The molecule has 1 aromatic heterocycles. The van der Waals surface area contributed by atoms with E-state index in [1.54, 1.807) is 24.6 Å². The van der Waals surface area contributed by atoms with Crippen molar-refractivity contribution in [3.8, 4) is 0 Å². The quantitative estimate of drug-likeness (QED) is 0.850. The molecule has 2 aliphatic carbocycles. The average Bonchev–Trinajstić information content (AvgIpc) is 3.35. The Morgan fingerprint density at radius 2 is 1.89 bits per heavy atom. The number of nitrogens with one attached hydrogen (secondary N) is 1. The van der Waals surface area contributed by atoms with Crippen LogP contribution in [0, 0.1) is 5.92 Å². The molecular weight excluding hydrogens is 358 g/mol. The maximum Gasteiger partial charge on any atom is 0.251 e. The predicted molar refractivity (Wildman–Crippen MR) is 107 cm³/mol. The Bertz CT molecular complexity index is 797. The van der Waals surface area contributed by atoms with Crippen molar-refractivity contribution in [1.29, 1.82) is 0 Å². The molecule has 0 aliphatic heterocycles. The molecule has 2 saturated carbocycles. The van der Waals surface area contributed by atoms with Crippen LogP contribution in [0.4, 0.5) is 5.13 Å². The van der Waals surface area contributed by atoms with Crippen molar-refractivity contribution in [3.05, 3.63) is 47.0 Å². The van der Waals surface area contributed by atoms with Gasteiger partial charge in [-0.25, -0.2) is 4.98 Å². The van der Waals surface area contributed by atoms with Gasteiger partial charge in [-0.05, 0) is 42.9 Å². The lowest BCUT2D eigenvalue weighted by molar-refractivity contribution is -0.120. The van der Waals surface area contributed by atoms with Crippen molar-refractivity contribution in [2.45, 2.75) is 50.5 Å². The number of nitrogens with zero attached hydrogens (tertiary/aromatic N) is 2. The number of rotatable bonds is 5. The van der Waals surface area contributed by atoms with Crippen LogP contribution in [0.2, 0.25) is 0 Å². The number of amides is 2. The summed E-state index contributed by atoms with van der Waals surface area (Å²) >= 11 is 1.55. The van der Waals surface area contributed by atoms with Crippen LogP contribution in [0.25, 0.3) is 0 Å². The van der Waals surface area contributed by atoms with Crippen LogP contribution < -0.4 is 10.2 Å². The fraction of sp³-hybridized carbons (Fsp3) is 0.476. The van der Waals surface area contributed by atoms with E-state index in [0.29, 0.717) is 5.56 Å². The van der Waals surface area contributed by atoms with E-state index < -0.39 is 0 Å². The van der Waals surface area contributed by atoms with E-state index in [-0.39, 0.29) is 29.7 Å². The molecule has 6 heteroatoms. The summed E-state index contributed by atoms with van der Waals surface area (Å²) in [6, 6.07) is 7.93. The summed E-state index contributed by atoms with van der Waals surface area (Å²) in [7, 11) is 1.63. The van der Waals surface area contributed by atoms with Crippen LogP contribution in [0.1, 0.15) is 60.4 Å². The standard InChI is InChI=1S/C21H25N3O2S/c1-22-19(25)15-9-7-14(8-10-15)17-13-18(17)20(26)24(21-23-11-12-27-21)16-5-3-2-4-6-16/h7-12,16-18H,2-6,13H2,1H3,(H,22,25). The molecule has 0 bridgehead atoms. The minimum absolute atomic E-state index is 0.0293. The highest BCUT2D eigenvalue weighted by Gasteiger charge is 2.47.